The third-order valence-corrected chi connectivity index (χ3v) is 3.19. The summed E-state index contributed by atoms with van der Waals surface area (Å²) in [6.45, 7) is 6.57. The number of benzene rings is 1. The summed E-state index contributed by atoms with van der Waals surface area (Å²) in [7, 11) is 0. The van der Waals surface area contributed by atoms with Crippen LogP contribution in [0.2, 0.25) is 0 Å². The second-order valence-electron chi connectivity index (χ2n) is 4.50. The van der Waals surface area contributed by atoms with Crippen LogP contribution in [0, 0.1) is 5.92 Å². The van der Waals surface area contributed by atoms with Crippen LogP contribution in [-0.4, -0.2) is 11.5 Å². The summed E-state index contributed by atoms with van der Waals surface area (Å²) in [5.74, 6) is 0.755. The Morgan fingerprint density at radius 3 is 3.00 bits per heavy atom. The fourth-order valence-electron chi connectivity index (χ4n) is 1.90. The standard InChI is InChI=1S/C14H20N2/c1-3-11(2)9-15-10-12-5-4-6-14-13(12)7-8-16-14/h4-8,11,15-16H,3,9-10H2,1-2H3. The van der Waals surface area contributed by atoms with Crippen molar-refractivity contribution >= 4 is 10.9 Å². The van der Waals surface area contributed by atoms with Crippen molar-refractivity contribution in [2.45, 2.75) is 26.8 Å². The first-order valence-corrected chi connectivity index (χ1v) is 6.07. The van der Waals surface area contributed by atoms with Crippen molar-refractivity contribution < 1.29 is 0 Å². The molecule has 1 atom stereocenters. The highest BCUT2D eigenvalue weighted by Gasteiger charge is 2.02. The van der Waals surface area contributed by atoms with Gasteiger partial charge in [0.15, 0.2) is 0 Å². The Bertz CT molecular complexity index is 445. The number of hydrogen-bond acceptors (Lipinski definition) is 1. The highest BCUT2D eigenvalue weighted by molar-refractivity contribution is 5.82. The molecule has 0 bridgehead atoms. The van der Waals surface area contributed by atoms with E-state index in [1.165, 1.54) is 22.9 Å². The minimum Gasteiger partial charge on any atom is -0.361 e. The predicted octanol–water partition coefficient (Wildman–Crippen LogP) is 3.30. The van der Waals surface area contributed by atoms with E-state index in [4.69, 9.17) is 0 Å². The second kappa shape index (κ2) is 5.17. The van der Waals surface area contributed by atoms with Gasteiger partial charge in [-0.25, -0.2) is 0 Å². The van der Waals surface area contributed by atoms with E-state index < -0.39 is 0 Å². The molecule has 2 rings (SSSR count). The Kier molecular flexibility index (Phi) is 3.62. The Labute approximate surface area is 97.1 Å². The highest BCUT2D eigenvalue weighted by atomic mass is 14.9. The molecule has 0 amide bonds. The molecular formula is C14H20N2. The molecular weight excluding hydrogens is 196 g/mol. The summed E-state index contributed by atoms with van der Waals surface area (Å²) in [6.07, 6.45) is 3.24. The Morgan fingerprint density at radius 2 is 2.19 bits per heavy atom. The molecule has 0 aliphatic heterocycles. The lowest BCUT2D eigenvalue weighted by Crippen LogP contribution is -2.20. The van der Waals surface area contributed by atoms with E-state index in [0.717, 1.165) is 19.0 Å². The summed E-state index contributed by atoms with van der Waals surface area (Å²) in [6, 6.07) is 8.57. The lowest BCUT2D eigenvalue weighted by atomic mass is 10.1. The van der Waals surface area contributed by atoms with Gasteiger partial charge in [0.2, 0.25) is 0 Å². The number of hydrogen-bond donors (Lipinski definition) is 2. The van der Waals surface area contributed by atoms with Gasteiger partial charge in [-0.05, 0) is 30.2 Å². The van der Waals surface area contributed by atoms with Gasteiger partial charge in [0, 0.05) is 23.6 Å². The van der Waals surface area contributed by atoms with Gasteiger partial charge in [0.05, 0.1) is 0 Å². The second-order valence-corrected chi connectivity index (χ2v) is 4.50. The molecule has 1 heterocycles. The number of H-pyrrole nitrogens is 1. The van der Waals surface area contributed by atoms with Gasteiger partial charge in [0.25, 0.3) is 0 Å². The third kappa shape index (κ3) is 2.45. The Hall–Kier alpha value is -1.28. The largest absolute Gasteiger partial charge is 0.361 e. The first-order chi connectivity index (χ1) is 7.81. The van der Waals surface area contributed by atoms with Crippen LogP contribution >= 0.6 is 0 Å². The molecule has 0 aliphatic rings. The molecule has 0 radical (unpaired) electrons. The molecule has 1 aromatic carbocycles. The van der Waals surface area contributed by atoms with Crippen LogP contribution in [0.4, 0.5) is 0 Å². The van der Waals surface area contributed by atoms with Crippen molar-refractivity contribution in [3.63, 3.8) is 0 Å². The van der Waals surface area contributed by atoms with Gasteiger partial charge in [-0.1, -0.05) is 32.4 Å². The summed E-state index contributed by atoms with van der Waals surface area (Å²) in [5.41, 5.74) is 2.60. The van der Waals surface area contributed by atoms with Crippen molar-refractivity contribution in [1.82, 2.24) is 10.3 Å². The van der Waals surface area contributed by atoms with Gasteiger partial charge >= 0.3 is 0 Å². The van der Waals surface area contributed by atoms with Crippen LogP contribution < -0.4 is 5.32 Å². The van der Waals surface area contributed by atoms with E-state index in [1.807, 2.05) is 6.20 Å². The zero-order valence-corrected chi connectivity index (χ0v) is 10.1. The Balaban J connectivity index is 2.01. The van der Waals surface area contributed by atoms with Gasteiger partial charge in [-0.3, -0.25) is 0 Å². The van der Waals surface area contributed by atoms with Gasteiger partial charge in [-0.2, -0.15) is 0 Å². The molecule has 0 aliphatic carbocycles. The first kappa shape index (κ1) is 11.2. The smallest absolute Gasteiger partial charge is 0.0457 e. The molecule has 2 nitrogen and oxygen atoms in total. The number of fused-ring (bicyclic) bond motifs is 1. The van der Waals surface area contributed by atoms with Crippen LogP contribution in [0.5, 0.6) is 0 Å². The fraction of sp³-hybridized carbons (Fsp3) is 0.429. The van der Waals surface area contributed by atoms with Gasteiger partial charge in [-0.15, -0.1) is 0 Å². The molecule has 0 fully saturated rings. The summed E-state index contributed by atoms with van der Waals surface area (Å²) >= 11 is 0. The molecule has 0 saturated heterocycles. The average Bonchev–Trinajstić information content (AvgIpc) is 2.77. The van der Waals surface area contributed by atoms with E-state index in [-0.39, 0.29) is 0 Å². The van der Waals surface area contributed by atoms with Gasteiger partial charge in [0.1, 0.15) is 0 Å². The van der Waals surface area contributed by atoms with Crippen molar-refractivity contribution in [3.8, 4) is 0 Å². The number of nitrogens with one attached hydrogen (secondary N) is 2. The third-order valence-electron chi connectivity index (χ3n) is 3.19. The van der Waals surface area contributed by atoms with Crippen LogP contribution in [0.25, 0.3) is 10.9 Å². The number of aromatic amines is 1. The lowest BCUT2D eigenvalue weighted by Gasteiger charge is -2.10. The van der Waals surface area contributed by atoms with Crippen LogP contribution in [0.3, 0.4) is 0 Å². The molecule has 2 aromatic rings. The zero-order chi connectivity index (χ0) is 11.4. The maximum atomic E-state index is 3.52. The van der Waals surface area contributed by atoms with E-state index in [2.05, 4.69) is 48.4 Å². The van der Waals surface area contributed by atoms with E-state index >= 15 is 0 Å². The van der Waals surface area contributed by atoms with Crippen molar-refractivity contribution in [1.29, 1.82) is 0 Å². The number of aromatic nitrogens is 1. The Morgan fingerprint density at radius 1 is 1.31 bits per heavy atom. The normalized spacial score (nSPS) is 13.1. The predicted molar refractivity (Wildman–Crippen MR) is 69.5 cm³/mol. The molecule has 1 unspecified atom stereocenters. The van der Waals surface area contributed by atoms with Crippen molar-refractivity contribution in [2.24, 2.45) is 5.92 Å². The quantitative estimate of drug-likeness (QED) is 0.788. The zero-order valence-electron chi connectivity index (χ0n) is 10.1. The molecule has 16 heavy (non-hydrogen) atoms. The highest BCUT2D eigenvalue weighted by Crippen LogP contribution is 2.17. The van der Waals surface area contributed by atoms with E-state index in [9.17, 15) is 0 Å². The van der Waals surface area contributed by atoms with E-state index in [0.29, 0.717) is 0 Å². The monoisotopic (exact) mass is 216 g/mol. The minimum absolute atomic E-state index is 0.755. The summed E-state index contributed by atoms with van der Waals surface area (Å²) in [4.78, 5) is 3.24. The summed E-state index contributed by atoms with van der Waals surface area (Å²) < 4.78 is 0. The average molecular weight is 216 g/mol. The molecule has 86 valence electrons. The maximum absolute atomic E-state index is 3.52. The molecule has 2 N–H and O–H groups in total. The van der Waals surface area contributed by atoms with Crippen molar-refractivity contribution in [3.05, 3.63) is 36.0 Å². The molecule has 0 saturated carbocycles. The molecule has 1 aromatic heterocycles. The SMILES string of the molecule is CCC(C)CNCc1cccc2[nH]ccc12. The lowest BCUT2D eigenvalue weighted by molar-refractivity contribution is 0.500. The fourth-order valence-corrected chi connectivity index (χ4v) is 1.90. The minimum atomic E-state index is 0.755. The number of rotatable bonds is 5. The van der Waals surface area contributed by atoms with E-state index in [1.54, 1.807) is 0 Å². The van der Waals surface area contributed by atoms with Crippen LogP contribution in [0.1, 0.15) is 25.8 Å². The first-order valence-electron chi connectivity index (χ1n) is 6.07. The molecule has 2 heteroatoms. The van der Waals surface area contributed by atoms with Gasteiger partial charge < -0.3 is 10.3 Å². The van der Waals surface area contributed by atoms with Crippen molar-refractivity contribution in [2.75, 3.05) is 6.54 Å². The van der Waals surface area contributed by atoms with Crippen LogP contribution in [-0.2, 0) is 6.54 Å². The molecule has 0 spiro atoms. The topological polar surface area (TPSA) is 27.8 Å². The van der Waals surface area contributed by atoms with Crippen LogP contribution in [0.15, 0.2) is 30.5 Å². The summed E-state index contributed by atoms with van der Waals surface area (Å²) in [5, 5.41) is 4.85. The maximum Gasteiger partial charge on any atom is 0.0457 e.